The highest BCUT2D eigenvalue weighted by atomic mass is 19.4. The van der Waals surface area contributed by atoms with Gasteiger partial charge in [0, 0.05) is 44.8 Å². The number of anilines is 1. The molecular weight excluding hydrogens is 551 g/mol. The Hall–Kier alpha value is -4.18. The average molecular weight is 586 g/mol. The summed E-state index contributed by atoms with van der Waals surface area (Å²) in [7, 11) is 2.88. The highest BCUT2D eigenvalue weighted by molar-refractivity contribution is 5.86. The molecule has 4 rings (SSSR count). The molecule has 1 fully saturated rings. The van der Waals surface area contributed by atoms with Gasteiger partial charge in [0.2, 0.25) is 0 Å². The molecule has 1 aliphatic heterocycles. The van der Waals surface area contributed by atoms with Gasteiger partial charge in [0.15, 0.2) is 5.82 Å². The summed E-state index contributed by atoms with van der Waals surface area (Å²) in [4.78, 5) is 37.8. The van der Waals surface area contributed by atoms with E-state index in [1.807, 2.05) is 13.8 Å². The van der Waals surface area contributed by atoms with E-state index in [-0.39, 0.29) is 30.4 Å². The molecule has 224 valence electrons. The van der Waals surface area contributed by atoms with Crippen molar-refractivity contribution >= 4 is 22.9 Å². The van der Waals surface area contributed by atoms with Crippen LogP contribution in [0.2, 0.25) is 0 Å². The summed E-state index contributed by atoms with van der Waals surface area (Å²) in [5.74, 6) is 0.411. The summed E-state index contributed by atoms with van der Waals surface area (Å²) in [5.41, 5.74) is 0.766. The van der Waals surface area contributed by atoms with Crippen LogP contribution in [-0.2, 0) is 18.0 Å². The van der Waals surface area contributed by atoms with Crippen LogP contribution in [0.15, 0.2) is 41.2 Å². The molecule has 0 spiro atoms. The van der Waals surface area contributed by atoms with E-state index >= 15 is 0 Å². The largest absolute Gasteiger partial charge is 0.453 e. The molecule has 1 amide bonds. The minimum absolute atomic E-state index is 0.0710. The monoisotopic (exact) mass is 585 g/mol. The molecule has 0 aliphatic carbocycles. The van der Waals surface area contributed by atoms with Crippen LogP contribution in [0.5, 0.6) is 0 Å². The molecule has 1 N–H and O–H groups in total. The summed E-state index contributed by atoms with van der Waals surface area (Å²) < 4.78 is 46.0. The molecule has 1 aliphatic rings. The molecule has 3 atom stereocenters. The number of hydrogen-bond donors (Lipinski definition) is 1. The van der Waals surface area contributed by atoms with Crippen molar-refractivity contribution in [3.05, 3.63) is 63.7 Å². The quantitative estimate of drug-likeness (QED) is 0.414. The Kier molecular flexibility index (Phi) is 9.36. The van der Waals surface area contributed by atoms with Crippen LogP contribution in [0.25, 0.3) is 11.0 Å². The number of aryl methyl sites for hydroxylation is 1. The lowest BCUT2D eigenvalue weighted by atomic mass is 9.94. The normalized spacial score (nSPS) is 18.5. The fourth-order valence-electron chi connectivity index (χ4n) is 5.60. The average Bonchev–Trinajstić information content (AvgIpc) is 2.99. The van der Waals surface area contributed by atoms with Crippen molar-refractivity contribution in [3.8, 4) is 6.07 Å². The summed E-state index contributed by atoms with van der Waals surface area (Å²) in [5, 5.41) is 12.2. The minimum Gasteiger partial charge on any atom is -0.453 e. The number of benzene rings is 1. The molecule has 1 aromatic carbocycles. The van der Waals surface area contributed by atoms with Gasteiger partial charge >= 0.3 is 18.0 Å². The highest BCUT2D eigenvalue weighted by Crippen LogP contribution is 2.36. The maximum atomic E-state index is 13.3. The van der Waals surface area contributed by atoms with Gasteiger partial charge in [-0.2, -0.15) is 23.4 Å². The van der Waals surface area contributed by atoms with Crippen LogP contribution in [-0.4, -0.2) is 64.4 Å². The first kappa shape index (κ1) is 30.8. The lowest BCUT2D eigenvalue weighted by Gasteiger charge is -2.50. The van der Waals surface area contributed by atoms with Gasteiger partial charge in [-0.3, -0.25) is 9.47 Å². The van der Waals surface area contributed by atoms with E-state index in [0.29, 0.717) is 54.8 Å². The molecule has 3 aromatic rings. The van der Waals surface area contributed by atoms with Gasteiger partial charge in [-0.05, 0) is 49.1 Å². The molecular formula is C29H34F3N7O3. The molecule has 1 saturated heterocycles. The molecule has 2 aromatic heterocycles. The van der Waals surface area contributed by atoms with Crippen LogP contribution >= 0.6 is 0 Å². The molecule has 0 bridgehead atoms. The van der Waals surface area contributed by atoms with E-state index in [2.05, 4.69) is 31.2 Å². The fraction of sp³-hybridized carbons (Fsp3) is 0.483. The Labute approximate surface area is 241 Å². The number of nitrogens with one attached hydrogen (secondary N) is 1. The Bertz CT molecular complexity index is 1520. The molecule has 2 unspecified atom stereocenters. The zero-order chi connectivity index (χ0) is 30.6. The first-order valence-electron chi connectivity index (χ1n) is 13.8. The number of piperazine rings is 1. The lowest BCUT2D eigenvalue weighted by molar-refractivity contribution is -0.137. The van der Waals surface area contributed by atoms with Crippen LogP contribution in [0.3, 0.4) is 0 Å². The second-order valence-corrected chi connectivity index (χ2v) is 10.3. The van der Waals surface area contributed by atoms with Gasteiger partial charge in [0.25, 0.3) is 0 Å². The number of amides is 1. The van der Waals surface area contributed by atoms with Crippen molar-refractivity contribution in [2.24, 2.45) is 7.05 Å². The Balaban J connectivity index is 1.73. The number of rotatable bonds is 8. The first-order valence-corrected chi connectivity index (χ1v) is 13.8. The Morgan fingerprint density at radius 1 is 1.12 bits per heavy atom. The standard InChI is InChI=1S/C29H34F3N7O3/c1-5-21-17-39(26-25-24(37(3)27(40)36-26)12-11-20(15-33)35-25)22(6-2)16-38(21)23(13-14-34-28(41)42-4)18-7-9-19(10-8-18)29(30,31)32/h7-12,21-23H,5-6,13-14,16-17H2,1-4H3,(H,34,41)/t21-,22?,23?/m1/s1. The number of methoxy groups -OCH3 is 1. The SMILES string of the molecule is CCC1CN(C(CCNC(=O)OC)c2ccc(C(F)(F)F)cc2)[C@H](CC)CN1c1nc(=O)n(C)c2ccc(C#N)nc12. The number of aromatic nitrogens is 3. The van der Waals surface area contributed by atoms with E-state index in [1.54, 1.807) is 19.2 Å². The van der Waals surface area contributed by atoms with Crippen LogP contribution < -0.4 is 15.9 Å². The van der Waals surface area contributed by atoms with E-state index in [9.17, 15) is 28.0 Å². The van der Waals surface area contributed by atoms with Crippen LogP contribution in [0, 0.1) is 11.3 Å². The molecule has 42 heavy (non-hydrogen) atoms. The van der Waals surface area contributed by atoms with Gasteiger partial charge in [-0.1, -0.05) is 26.0 Å². The minimum atomic E-state index is -4.45. The summed E-state index contributed by atoms with van der Waals surface area (Å²) in [6.07, 6.45) is -3.21. The number of nitriles is 1. The van der Waals surface area contributed by atoms with Gasteiger partial charge in [-0.25, -0.2) is 14.6 Å². The van der Waals surface area contributed by atoms with Gasteiger partial charge in [0.1, 0.15) is 17.3 Å². The summed E-state index contributed by atoms with van der Waals surface area (Å²) in [6, 6.07) is 9.97. The van der Waals surface area contributed by atoms with E-state index < -0.39 is 23.5 Å². The first-order chi connectivity index (χ1) is 20.0. The molecule has 3 heterocycles. The number of hydrogen-bond acceptors (Lipinski definition) is 8. The van der Waals surface area contributed by atoms with Crippen molar-refractivity contribution in [1.82, 2.24) is 24.8 Å². The molecule has 13 heteroatoms. The second-order valence-electron chi connectivity index (χ2n) is 10.3. The number of carbonyl (C=O) groups excluding carboxylic acids is 1. The smallest absolute Gasteiger partial charge is 0.416 e. The number of halogens is 3. The summed E-state index contributed by atoms with van der Waals surface area (Å²) >= 11 is 0. The molecule has 0 saturated carbocycles. The second kappa shape index (κ2) is 12.8. The number of fused-ring (bicyclic) bond motifs is 1. The third-order valence-corrected chi connectivity index (χ3v) is 7.90. The Morgan fingerprint density at radius 3 is 2.40 bits per heavy atom. The highest BCUT2D eigenvalue weighted by Gasteiger charge is 2.38. The topological polar surface area (TPSA) is 116 Å². The van der Waals surface area contributed by atoms with Crippen molar-refractivity contribution < 1.29 is 22.7 Å². The number of ether oxygens (including phenoxy) is 1. The van der Waals surface area contributed by atoms with Crippen LogP contribution in [0.1, 0.15) is 56.0 Å². The number of carbonyl (C=O) groups is 1. The maximum Gasteiger partial charge on any atom is 0.416 e. The maximum absolute atomic E-state index is 13.3. The number of alkyl halides is 3. The number of nitrogens with zero attached hydrogens (tertiary/aromatic N) is 6. The van der Waals surface area contributed by atoms with Gasteiger partial charge in [-0.15, -0.1) is 0 Å². The van der Waals surface area contributed by atoms with Crippen molar-refractivity contribution in [2.75, 3.05) is 31.6 Å². The lowest BCUT2D eigenvalue weighted by Crippen LogP contribution is -2.59. The van der Waals surface area contributed by atoms with E-state index in [0.717, 1.165) is 12.1 Å². The third-order valence-electron chi connectivity index (χ3n) is 7.90. The number of pyridine rings is 1. The predicted molar refractivity (Wildman–Crippen MR) is 151 cm³/mol. The van der Waals surface area contributed by atoms with E-state index in [1.165, 1.54) is 23.8 Å². The zero-order valence-corrected chi connectivity index (χ0v) is 24.0. The predicted octanol–water partition coefficient (Wildman–Crippen LogP) is 4.39. The fourth-order valence-corrected chi connectivity index (χ4v) is 5.60. The van der Waals surface area contributed by atoms with Crippen LogP contribution in [0.4, 0.5) is 23.8 Å². The Morgan fingerprint density at radius 2 is 1.81 bits per heavy atom. The molecule has 10 nitrogen and oxygen atoms in total. The zero-order valence-electron chi connectivity index (χ0n) is 24.0. The third kappa shape index (κ3) is 6.33. The molecule has 0 radical (unpaired) electrons. The van der Waals surface area contributed by atoms with Gasteiger partial charge < -0.3 is 15.0 Å². The van der Waals surface area contributed by atoms with Crippen molar-refractivity contribution in [2.45, 2.75) is 57.4 Å². The van der Waals surface area contributed by atoms with Crippen molar-refractivity contribution in [1.29, 1.82) is 5.26 Å². The van der Waals surface area contributed by atoms with E-state index in [4.69, 9.17) is 4.74 Å². The summed E-state index contributed by atoms with van der Waals surface area (Å²) in [6.45, 7) is 5.30. The number of alkyl carbamates (subject to hydrolysis) is 1. The van der Waals surface area contributed by atoms with Gasteiger partial charge in [0.05, 0.1) is 18.2 Å². The van der Waals surface area contributed by atoms with Crippen molar-refractivity contribution in [3.63, 3.8) is 0 Å².